The number of allylic oxidation sites excluding steroid dienone is 20. The lowest BCUT2D eigenvalue weighted by molar-refractivity contribution is -0.167. The molecule has 0 rings (SSSR count). The van der Waals surface area contributed by atoms with Gasteiger partial charge in [-0.3, -0.25) is 14.4 Å². The van der Waals surface area contributed by atoms with Gasteiger partial charge < -0.3 is 14.2 Å². The molecule has 6 heteroatoms. The van der Waals surface area contributed by atoms with Crippen molar-refractivity contribution in [3.05, 3.63) is 122 Å². The van der Waals surface area contributed by atoms with Crippen molar-refractivity contribution in [2.24, 2.45) is 0 Å². The predicted molar refractivity (Wildman–Crippen MR) is 297 cm³/mol. The molecule has 0 saturated heterocycles. The van der Waals surface area contributed by atoms with Gasteiger partial charge in [-0.25, -0.2) is 0 Å². The molecule has 0 spiro atoms. The van der Waals surface area contributed by atoms with Gasteiger partial charge in [-0.05, 0) is 122 Å². The van der Waals surface area contributed by atoms with E-state index >= 15 is 0 Å². The molecule has 0 aromatic rings. The standard InChI is InChI=1S/C63H102O6/c1-4-7-10-13-16-19-22-25-28-31-34-37-40-43-46-49-52-55-61(64)67-58-60(69-63(66)57-54-51-48-45-42-39-36-33-30-27-24-21-18-15-12-9-6-3)59-68-62(65)56-53-50-47-44-41-38-35-32-29-26-23-20-17-14-11-8-5-2/h7,10,16,18-19,21,25-30,34,36-37,39,43,45-46,48,60H,4-6,8-9,11-15,17,20,22-24,31-33,35,38,40-42,44,47,49-59H2,1-3H3/b10-7-,19-16-,21-18-,28-25-,29-26-,30-27-,37-34-,39-36-,46-43-,48-45-/t60-/m0/s1. The van der Waals surface area contributed by atoms with Crippen molar-refractivity contribution >= 4 is 17.9 Å². The maximum Gasteiger partial charge on any atom is 0.306 e. The van der Waals surface area contributed by atoms with E-state index in [0.717, 1.165) is 83.5 Å². The molecule has 1 atom stereocenters. The number of ether oxygens (including phenoxy) is 3. The molecule has 0 heterocycles. The van der Waals surface area contributed by atoms with Crippen LogP contribution in [-0.2, 0) is 28.6 Å². The van der Waals surface area contributed by atoms with E-state index in [9.17, 15) is 14.4 Å². The van der Waals surface area contributed by atoms with Gasteiger partial charge in [0.25, 0.3) is 0 Å². The summed E-state index contributed by atoms with van der Waals surface area (Å²) in [6.07, 6.45) is 77.7. The first-order valence-electron chi connectivity index (χ1n) is 28.0. The fraction of sp³-hybridized carbons (Fsp3) is 0.635. The molecule has 0 amide bonds. The second-order valence-corrected chi connectivity index (χ2v) is 18.1. The Morgan fingerprint density at radius 1 is 0.304 bits per heavy atom. The van der Waals surface area contributed by atoms with Crippen LogP contribution in [0.5, 0.6) is 0 Å². The number of esters is 3. The molecule has 0 fully saturated rings. The van der Waals surface area contributed by atoms with Gasteiger partial charge in [0.1, 0.15) is 13.2 Å². The van der Waals surface area contributed by atoms with E-state index in [0.29, 0.717) is 19.3 Å². The molecule has 390 valence electrons. The zero-order valence-electron chi connectivity index (χ0n) is 44.5. The molecule has 0 radical (unpaired) electrons. The van der Waals surface area contributed by atoms with E-state index in [-0.39, 0.29) is 44.0 Å². The Balaban J connectivity index is 4.58. The highest BCUT2D eigenvalue weighted by atomic mass is 16.6. The molecule has 0 N–H and O–H groups in total. The molecule has 0 aromatic heterocycles. The second kappa shape index (κ2) is 56.4. The van der Waals surface area contributed by atoms with Crippen LogP contribution in [-0.4, -0.2) is 37.2 Å². The summed E-state index contributed by atoms with van der Waals surface area (Å²) in [5.41, 5.74) is 0. The van der Waals surface area contributed by atoms with Crippen LogP contribution in [0.15, 0.2) is 122 Å². The summed E-state index contributed by atoms with van der Waals surface area (Å²) in [4.78, 5) is 38.1. The van der Waals surface area contributed by atoms with E-state index in [1.807, 2.05) is 0 Å². The van der Waals surface area contributed by atoms with Crippen molar-refractivity contribution in [3.63, 3.8) is 0 Å². The van der Waals surface area contributed by atoms with Crippen LogP contribution >= 0.6 is 0 Å². The Bertz CT molecular complexity index is 1470. The normalized spacial score (nSPS) is 13.0. The predicted octanol–water partition coefficient (Wildman–Crippen LogP) is 18.9. The first-order valence-corrected chi connectivity index (χ1v) is 28.0. The Kier molecular flexibility index (Phi) is 53.0. The fourth-order valence-electron chi connectivity index (χ4n) is 7.23. The zero-order valence-corrected chi connectivity index (χ0v) is 44.5. The van der Waals surface area contributed by atoms with E-state index in [1.165, 1.54) is 103 Å². The molecule has 6 nitrogen and oxygen atoms in total. The molecule has 0 bridgehead atoms. The van der Waals surface area contributed by atoms with Gasteiger partial charge in [-0.1, -0.05) is 219 Å². The lowest BCUT2D eigenvalue weighted by Gasteiger charge is -2.18. The van der Waals surface area contributed by atoms with Crippen LogP contribution in [0.2, 0.25) is 0 Å². The monoisotopic (exact) mass is 955 g/mol. The Morgan fingerprint density at radius 3 is 0.986 bits per heavy atom. The van der Waals surface area contributed by atoms with Gasteiger partial charge in [0.2, 0.25) is 0 Å². The average Bonchev–Trinajstić information content (AvgIpc) is 3.35. The van der Waals surface area contributed by atoms with E-state index < -0.39 is 6.10 Å². The van der Waals surface area contributed by atoms with Gasteiger partial charge in [0, 0.05) is 19.3 Å². The van der Waals surface area contributed by atoms with Gasteiger partial charge in [0.05, 0.1) is 0 Å². The molecule has 0 aliphatic carbocycles. The van der Waals surface area contributed by atoms with E-state index in [1.54, 1.807) is 0 Å². The summed E-state index contributed by atoms with van der Waals surface area (Å²) in [7, 11) is 0. The third-order valence-corrected chi connectivity index (χ3v) is 11.4. The summed E-state index contributed by atoms with van der Waals surface area (Å²) in [5.74, 6) is -1.05. The summed E-state index contributed by atoms with van der Waals surface area (Å²) < 4.78 is 16.7. The van der Waals surface area contributed by atoms with Crippen LogP contribution < -0.4 is 0 Å². The van der Waals surface area contributed by atoms with Crippen molar-refractivity contribution in [1.82, 2.24) is 0 Å². The highest BCUT2D eigenvalue weighted by Gasteiger charge is 2.19. The largest absolute Gasteiger partial charge is 0.462 e. The lowest BCUT2D eigenvalue weighted by Crippen LogP contribution is -2.30. The molecule has 0 aromatic carbocycles. The maximum atomic E-state index is 12.8. The van der Waals surface area contributed by atoms with Crippen LogP contribution in [0.1, 0.15) is 239 Å². The molecule has 69 heavy (non-hydrogen) atoms. The van der Waals surface area contributed by atoms with Crippen molar-refractivity contribution < 1.29 is 28.6 Å². The Hall–Kier alpha value is -4.19. The SMILES string of the molecule is CC/C=C\C/C=C\C/C=C\C/C=C\C/C=C\CCCC(=O)OC[C@@H](COC(=O)CCCCCCCCC/C=C\CCCCCCCC)OC(=O)CCC/C=C\C/C=C\C/C=C\C/C=C\CCCCC. The molecule has 0 saturated carbocycles. The molecule has 0 aliphatic rings. The summed E-state index contributed by atoms with van der Waals surface area (Å²) in [6, 6.07) is 0. The van der Waals surface area contributed by atoms with Crippen LogP contribution in [0.3, 0.4) is 0 Å². The van der Waals surface area contributed by atoms with Gasteiger partial charge in [-0.15, -0.1) is 0 Å². The summed E-state index contributed by atoms with van der Waals surface area (Å²) >= 11 is 0. The Labute approximate surface area is 424 Å². The number of hydrogen-bond donors (Lipinski definition) is 0. The quantitative estimate of drug-likeness (QED) is 0.0262. The molecular weight excluding hydrogens is 853 g/mol. The maximum absolute atomic E-state index is 12.8. The molecule has 0 unspecified atom stereocenters. The smallest absolute Gasteiger partial charge is 0.306 e. The number of unbranched alkanes of at least 4 members (excludes halogenated alkanes) is 18. The number of carbonyl (C=O) groups excluding carboxylic acids is 3. The fourth-order valence-corrected chi connectivity index (χ4v) is 7.23. The summed E-state index contributed by atoms with van der Waals surface area (Å²) in [6.45, 7) is 6.39. The minimum atomic E-state index is -0.835. The first-order chi connectivity index (χ1) is 34.0. The van der Waals surface area contributed by atoms with Gasteiger partial charge in [0.15, 0.2) is 6.10 Å². The van der Waals surface area contributed by atoms with Crippen molar-refractivity contribution in [1.29, 1.82) is 0 Å². The summed E-state index contributed by atoms with van der Waals surface area (Å²) in [5, 5.41) is 0. The van der Waals surface area contributed by atoms with Crippen molar-refractivity contribution in [2.75, 3.05) is 13.2 Å². The average molecular weight is 956 g/mol. The van der Waals surface area contributed by atoms with Crippen LogP contribution in [0, 0.1) is 0 Å². The van der Waals surface area contributed by atoms with Crippen molar-refractivity contribution in [2.45, 2.75) is 245 Å². The third kappa shape index (κ3) is 54.6. The van der Waals surface area contributed by atoms with Gasteiger partial charge >= 0.3 is 17.9 Å². The van der Waals surface area contributed by atoms with Crippen molar-refractivity contribution in [3.8, 4) is 0 Å². The van der Waals surface area contributed by atoms with E-state index in [4.69, 9.17) is 14.2 Å². The first kappa shape index (κ1) is 64.8. The third-order valence-electron chi connectivity index (χ3n) is 11.4. The lowest BCUT2D eigenvalue weighted by atomic mass is 10.1. The molecular formula is C63H102O6. The number of rotatable bonds is 49. The topological polar surface area (TPSA) is 78.9 Å². The minimum Gasteiger partial charge on any atom is -0.462 e. The zero-order chi connectivity index (χ0) is 50.0. The van der Waals surface area contributed by atoms with E-state index in [2.05, 4.69) is 142 Å². The Morgan fingerprint density at radius 2 is 0.580 bits per heavy atom. The van der Waals surface area contributed by atoms with Gasteiger partial charge in [-0.2, -0.15) is 0 Å². The minimum absolute atomic E-state index is 0.123. The van der Waals surface area contributed by atoms with Crippen LogP contribution in [0.25, 0.3) is 0 Å². The molecule has 0 aliphatic heterocycles. The van der Waals surface area contributed by atoms with Crippen LogP contribution in [0.4, 0.5) is 0 Å². The second-order valence-electron chi connectivity index (χ2n) is 18.1. The number of hydrogen-bond acceptors (Lipinski definition) is 6. The highest BCUT2D eigenvalue weighted by molar-refractivity contribution is 5.71. The number of carbonyl (C=O) groups is 3. The highest BCUT2D eigenvalue weighted by Crippen LogP contribution is 2.13.